The van der Waals surface area contributed by atoms with Crippen molar-refractivity contribution in [3.05, 3.63) is 29.3 Å². The molecule has 100 valence electrons. The predicted octanol–water partition coefficient (Wildman–Crippen LogP) is 3.31. The minimum absolute atomic E-state index is 0.562. The monoisotopic (exact) mass is 246 g/mol. The number of piperazine rings is 1. The number of anilines is 1. The lowest BCUT2D eigenvalue weighted by Crippen LogP contribution is -2.55. The average Bonchev–Trinajstić information content (AvgIpc) is 2.30. The molecule has 1 saturated heterocycles. The van der Waals surface area contributed by atoms with Gasteiger partial charge in [0, 0.05) is 30.9 Å². The molecule has 0 bridgehead atoms. The van der Waals surface area contributed by atoms with Crippen LogP contribution in [0.2, 0.25) is 0 Å². The van der Waals surface area contributed by atoms with E-state index in [-0.39, 0.29) is 0 Å². The molecule has 0 radical (unpaired) electrons. The van der Waals surface area contributed by atoms with E-state index < -0.39 is 0 Å². The fraction of sp³-hybridized carbons (Fsp3) is 0.625. The Balaban J connectivity index is 2.48. The highest BCUT2D eigenvalue weighted by Gasteiger charge is 2.27. The van der Waals surface area contributed by atoms with Gasteiger partial charge < -0.3 is 10.2 Å². The fourth-order valence-electron chi connectivity index (χ4n) is 3.07. The Morgan fingerprint density at radius 1 is 1.17 bits per heavy atom. The zero-order chi connectivity index (χ0) is 13.3. The van der Waals surface area contributed by atoms with Crippen molar-refractivity contribution in [1.29, 1.82) is 0 Å². The molecule has 2 unspecified atom stereocenters. The van der Waals surface area contributed by atoms with Crippen LogP contribution >= 0.6 is 0 Å². The minimum Gasteiger partial charge on any atom is -0.363 e. The second-order valence-electron chi connectivity index (χ2n) is 5.93. The summed E-state index contributed by atoms with van der Waals surface area (Å²) in [6.45, 7) is 13.6. The van der Waals surface area contributed by atoms with E-state index >= 15 is 0 Å². The summed E-state index contributed by atoms with van der Waals surface area (Å²) < 4.78 is 0. The normalized spacial score (nSPS) is 24.7. The second-order valence-corrected chi connectivity index (χ2v) is 5.93. The molecule has 1 aliphatic heterocycles. The molecule has 18 heavy (non-hydrogen) atoms. The number of hydrogen-bond acceptors (Lipinski definition) is 2. The van der Waals surface area contributed by atoms with Crippen LogP contribution in [0.1, 0.15) is 44.7 Å². The van der Waals surface area contributed by atoms with E-state index in [9.17, 15) is 0 Å². The Labute approximate surface area is 111 Å². The lowest BCUT2D eigenvalue weighted by molar-refractivity contribution is 0.430. The van der Waals surface area contributed by atoms with Crippen LogP contribution in [-0.4, -0.2) is 25.2 Å². The summed E-state index contributed by atoms with van der Waals surface area (Å²) in [5, 5.41) is 3.51. The second kappa shape index (κ2) is 5.31. The number of nitrogens with zero attached hydrogens (tertiary/aromatic N) is 1. The van der Waals surface area contributed by atoms with Crippen LogP contribution in [0.5, 0.6) is 0 Å². The van der Waals surface area contributed by atoms with Crippen LogP contribution in [-0.2, 0) is 0 Å². The van der Waals surface area contributed by atoms with E-state index in [1.165, 1.54) is 16.8 Å². The van der Waals surface area contributed by atoms with Gasteiger partial charge in [-0.3, -0.25) is 0 Å². The van der Waals surface area contributed by atoms with Crippen LogP contribution in [0.4, 0.5) is 5.69 Å². The van der Waals surface area contributed by atoms with Gasteiger partial charge in [-0.2, -0.15) is 0 Å². The van der Waals surface area contributed by atoms with Crippen LogP contribution in [0.3, 0.4) is 0 Å². The van der Waals surface area contributed by atoms with Crippen LogP contribution in [0.25, 0.3) is 0 Å². The molecule has 0 spiro atoms. The number of hydrogen-bond donors (Lipinski definition) is 1. The highest BCUT2D eigenvalue weighted by molar-refractivity contribution is 5.62. The summed E-state index contributed by atoms with van der Waals surface area (Å²) in [6.07, 6.45) is 0. The zero-order valence-corrected chi connectivity index (χ0v) is 12.3. The number of aryl methyl sites for hydroxylation is 1. The van der Waals surface area contributed by atoms with E-state index in [0.717, 1.165) is 13.1 Å². The number of rotatable bonds is 2. The molecule has 2 nitrogen and oxygen atoms in total. The first kappa shape index (κ1) is 13.4. The van der Waals surface area contributed by atoms with E-state index in [0.29, 0.717) is 18.0 Å². The average molecular weight is 246 g/mol. The van der Waals surface area contributed by atoms with Crippen LogP contribution < -0.4 is 10.2 Å². The first-order chi connectivity index (χ1) is 8.52. The molecule has 2 heteroatoms. The molecule has 0 saturated carbocycles. The molecule has 1 heterocycles. The maximum Gasteiger partial charge on any atom is 0.0436 e. The van der Waals surface area contributed by atoms with Crippen molar-refractivity contribution in [2.24, 2.45) is 0 Å². The van der Waals surface area contributed by atoms with Gasteiger partial charge in [-0.25, -0.2) is 0 Å². The van der Waals surface area contributed by atoms with E-state index in [2.05, 4.69) is 63.0 Å². The summed E-state index contributed by atoms with van der Waals surface area (Å²) in [7, 11) is 0. The molecule has 0 amide bonds. The predicted molar refractivity (Wildman–Crippen MR) is 79.5 cm³/mol. The van der Waals surface area contributed by atoms with Gasteiger partial charge in [-0.15, -0.1) is 0 Å². The van der Waals surface area contributed by atoms with Crippen molar-refractivity contribution in [1.82, 2.24) is 5.32 Å². The Morgan fingerprint density at radius 3 is 2.33 bits per heavy atom. The SMILES string of the molecule is Cc1cccc(C(C)C)c1N1C(C)CNCC1C. The third-order valence-corrected chi connectivity index (χ3v) is 3.98. The van der Waals surface area contributed by atoms with Crippen molar-refractivity contribution in [3.8, 4) is 0 Å². The smallest absolute Gasteiger partial charge is 0.0436 e. The van der Waals surface area contributed by atoms with E-state index in [1.54, 1.807) is 0 Å². The molecule has 1 fully saturated rings. The molecule has 0 aliphatic carbocycles. The molecule has 0 aromatic heterocycles. The number of para-hydroxylation sites is 1. The molecular formula is C16H26N2. The van der Waals surface area contributed by atoms with Crippen molar-refractivity contribution < 1.29 is 0 Å². The molecule has 1 N–H and O–H groups in total. The van der Waals surface area contributed by atoms with Gasteiger partial charge in [0.05, 0.1) is 0 Å². The summed E-state index contributed by atoms with van der Waals surface area (Å²) >= 11 is 0. The molecular weight excluding hydrogens is 220 g/mol. The topological polar surface area (TPSA) is 15.3 Å². The van der Waals surface area contributed by atoms with Gasteiger partial charge in [0.2, 0.25) is 0 Å². The molecule has 1 aromatic rings. The molecule has 2 rings (SSSR count). The van der Waals surface area contributed by atoms with Gasteiger partial charge in [0.15, 0.2) is 0 Å². The largest absolute Gasteiger partial charge is 0.363 e. The quantitative estimate of drug-likeness (QED) is 0.861. The third-order valence-electron chi connectivity index (χ3n) is 3.98. The Hall–Kier alpha value is -1.02. The Morgan fingerprint density at radius 2 is 1.78 bits per heavy atom. The summed E-state index contributed by atoms with van der Waals surface area (Å²) in [5.74, 6) is 0.578. The maximum absolute atomic E-state index is 3.51. The van der Waals surface area contributed by atoms with Crippen molar-refractivity contribution in [3.63, 3.8) is 0 Å². The fourth-order valence-corrected chi connectivity index (χ4v) is 3.07. The van der Waals surface area contributed by atoms with Crippen molar-refractivity contribution >= 4 is 5.69 Å². The lowest BCUT2D eigenvalue weighted by Gasteiger charge is -2.43. The highest BCUT2D eigenvalue weighted by Crippen LogP contribution is 2.34. The first-order valence-corrected chi connectivity index (χ1v) is 7.11. The van der Waals surface area contributed by atoms with Gasteiger partial charge in [-0.1, -0.05) is 32.0 Å². The lowest BCUT2D eigenvalue weighted by atomic mass is 9.95. The van der Waals surface area contributed by atoms with Gasteiger partial charge in [-0.05, 0) is 37.8 Å². The first-order valence-electron chi connectivity index (χ1n) is 7.11. The Kier molecular flexibility index (Phi) is 3.96. The summed E-state index contributed by atoms with van der Waals surface area (Å²) in [5.41, 5.74) is 4.35. The van der Waals surface area contributed by atoms with E-state index in [1.807, 2.05) is 0 Å². The summed E-state index contributed by atoms with van der Waals surface area (Å²) in [4.78, 5) is 2.61. The zero-order valence-electron chi connectivity index (χ0n) is 12.3. The molecule has 1 aliphatic rings. The number of nitrogens with one attached hydrogen (secondary N) is 1. The Bertz CT molecular complexity index is 402. The van der Waals surface area contributed by atoms with Crippen LogP contribution in [0, 0.1) is 6.92 Å². The van der Waals surface area contributed by atoms with Crippen LogP contribution in [0.15, 0.2) is 18.2 Å². The third kappa shape index (κ3) is 2.39. The molecule has 1 aromatic carbocycles. The highest BCUT2D eigenvalue weighted by atomic mass is 15.2. The van der Waals surface area contributed by atoms with Gasteiger partial charge >= 0.3 is 0 Å². The van der Waals surface area contributed by atoms with Crippen molar-refractivity contribution in [2.75, 3.05) is 18.0 Å². The van der Waals surface area contributed by atoms with Crippen molar-refractivity contribution in [2.45, 2.75) is 52.6 Å². The van der Waals surface area contributed by atoms with E-state index in [4.69, 9.17) is 0 Å². The summed E-state index contributed by atoms with van der Waals surface area (Å²) in [6, 6.07) is 7.84. The molecule has 2 atom stereocenters. The van der Waals surface area contributed by atoms with Gasteiger partial charge in [0.25, 0.3) is 0 Å². The minimum atomic E-state index is 0.562. The maximum atomic E-state index is 3.51. The number of benzene rings is 1. The van der Waals surface area contributed by atoms with Gasteiger partial charge in [0.1, 0.15) is 0 Å². The standard InChI is InChI=1S/C16H26N2/c1-11(2)15-8-6-7-12(3)16(15)18-13(4)9-17-10-14(18)5/h6-8,11,13-14,17H,9-10H2,1-5H3.